The highest BCUT2D eigenvalue weighted by molar-refractivity contribution is 6.35. The molecule has 5 heteroatoms. The Bertz CT molecular complexity index is 551. The van der Waals surface area contributed by atoms with Crippen LogP contribution in [-0.4, -0.2) is 28.9 Å². The molecule has 0 spiro atoms. The first-order valence-corrected chi connectivity index (χ1v) is 8.17. The highest BCUT2D eigenvalue weighted by atomic mass is 16.2. The van der Waals surface area contributed by atoms with Crippen LogP contribution in [0.2, 0.25) is 0 Å². The van der Waals surface area contributed by atoms with Crippen molar-refractivity contribution in [3.05, 3.63) is 35.9 Å². The van der Waals surface area contributed by atoms with Gasteiger partial charge in [-0.15, -0.1) is 0 Å². The van der Waals surface area contributed by atoms with Crippen LogP contribution in [0.3, 0.4) is 0 Å². The van der Waals surface area contributed by atoms with Crippen LogP contribution in [0, 0.1) is 0 Å². The van der Waals surface area contributed by atoms with Crippen molar-refractivity contribution in [2.45, 2.75) is 64.2 Å². The van der Waals surface area contributed by atoms with Crippen molar-refractivity contribution >= 4 is 11.8 Å². The van der Waals surface area contributed by atoms with Crippen LogP contribution in [0.5, 0.6) is 0 Å². The fourth-order valence-corrected chi connectivity index (χ4v) is 3.73. The fourth-order valence-electron chi connectivity index (χ4n) is 3.73. The van der Waals surface area contributed by atoms with Gasteiger partial charge in [-0.3, -0.25) is 9.59 Å². The summed E-state index contributed by atoms with van der Waals surface area (Å²) in [5.74, 6) is -1.11. The van der Waals surface area contributed by atoms with Crippen LogP contribution in [0.4, 0.5) is 0 Å². The molecule has 0 saturated carbocycles. The first kappa shape index (κ1) is 17.5. The van der Waals surface area contributed by atoms with E-state index in [0.29, 0.717) is 6.54 Å². The maximum atomic E-state index is 12.1. The maximum Gasteiger partial charge on any atom is 0.309 e. The number of hydrogen-bond acceptors (Lipinski definition) is 2. The lowest BCUT2D eigenvalue weighted by Crippen LogP contribution is -3.06. The van der Waals surface area contributed by atoms with Gasteiger partial charge in [0.15, 0.2) is 0 Å². The standard InChI is InChI=1S/C18H27N3O2/c1-17(2)10-14(11-18(3,4)21-17)20-16(23)15(22)19-12-13-8-6-5-7-9-13/h5-9,14,21H,10-12H2,1-4H3,(H,19,22)(H,20,23)/p+1. The molecule has 1 heterocycles. The summed E-state index contributed by atoms with van der Waals surface area (Å²) in [6, 6.07) is 9.59. The molecule has 23 heavy (non-hydrogen) atoms. The average molecular weight is 318 g/mol. The second kappa shape index (κ2) is 6.71. The van der Waals surface area contributed by atoms with E-state index in [9.17, 15) is 9.59 Å². The number of nitrogens with two attached hydrogens (primary N) is 1. The topological polar surface area (TPSA) is 74.8 Å². The summed E-state index contributed by atoms with van der Waals surface area (Å²) in [5, 5.41) is 7.91. The van der Waals surface area contributed by atoms with Crippen molar-refractivity contribution in [2.75, 3.05) is 0 Å². The van der Waals surface area contributed by atoms with Gasteiger partial charge in [-0.05, 0) is 33.3 Å². The number of carbonyl (C=O) groups excluding carboxylic acids is 2. The molecular formula is C18H28N3O2+. The number of amides is 2. The van der Waals surface area contributed by atoms with E-state index in [1.807, 2.05) is 30.3 Å². The molecule has 0 aliphatic carbocycles. The molecule has 0 atom stereocenters. The molecule has 1 aromatic carbocycles. The van der Waals surface area contributed by atoms with Crippen LogP contribution in [0.15, 0.2) is 30.3 Å². The van der Waals surface area contributed by atoms with E-state index in [1.54, 1.807) is 0 Å². The summed E-state index contributed by atoms with van der Waals surface area (Å²) in [6.45, 7) is 9.04. The number of piperidine rings is 1. The minimum absolute atomic E-state index is 0.0278. The Morgan fingerprint density at radius 3 is 2.17 bits per heavy atom. The van der Waals surface area contributed by atoms with Gasteiger partial charge in [0.05, 0.1) is 11.1 Å². The normalized spacial score (nSPS) is 19.8. The Morgan fingerprint density at radius 1 is 1.04 bits per heavy atom. The minimum Gasteiger partial charge on any atom is -0.345 e. The van der Waals surface area contributed by atoms with Gasteiger partial charge in [-0.2, -0.15) is 0 Å². The van der Waals surface area contributed by atoms with Crippen molar-refractivity contribution in [2.24, 2.45) is 0 Å². The number of rotatable bonds is 3. The van der Waals surface area contributed by atoms with Gasteiger partial charge >= 0.3 is 11.8 Å². The Morgan fingerprint density at radius 2 is 1.61 bits per heavy atom. The SMILES string of the molecule is CC1(C)CC(NC(=O)C(=O)NCc2ccccc2)CC(C)(C)[NH2+]1. The highest BCUT2D eigenvalue weighted by Crippen LogP contribution is 2.21. The molecule has 0 aromatic heterocycles. The van der Waals surface area contributed by atoms with Crippen LogP contribution < -0.4 is 16.0 Å². The first-order valence-electron chi connectivity index (χ1n) is 8.17. The van der Waals surface area contributed by atoms with E-state index in [1.165, 1.54) is 0 Å². The quantitative estimate of drug-likeness (QED) is 0.718. The number of carbonyl (C=O) groups is 2. The predicted octanol–water partition coefficient (Wildman–Crippen LogP) is 0.702. The smallest absolute Gasteiger partial charge is 0.309 e. The molecule has 2 amide bonds. The summed E-state index contributed by atoms with van der Waals surface area (Å²) in [4.78, 5) is 24.1. The summed E-state index contributed by atoms with van der Waals surface area (Å²) >= 11 is 0. The van der Waals surface area contributed by atoms with Crippen LogP contribution in [0.25, 0.3) is 0 Å². The van der Waals surface area contributed by atoms with Crippen LogP contribution in [-0.2, 0) is 16.1 Å². The third-order valence-electron chi connectivity index (χ3n) is 4.16. The molecule has 1 aliphatic heterocycles. The molecule has 5 nitrogen and oxygen atoms in total. The number of benzene rings is 1. The number of quaternary nitrogens is 1. The molecule has 0 bridgehead atoms. The number of nitrogens with one attached hydrogen (secondary N) is 2. The van der Waals surface area contributed by atoms with Crippen molar-refractivity contribution < 1.29 is 14.9 Å². The van der Waals surface area contributed by atoms with E-state index in [0.717, 1.165) is 18.4 Å². The van der Waals surface area contributed by atoms with Crippen molar-refractivity contribution in [1.82, 2.24) is 10.6 Å². The second-order valence-electron chi connectivity index (χ2n) is 7.87. The number of hydrogen-bond donors (Lipinski definition) is 3. The van der Waals surface area contributed by atoms with E-state index >= 15 is 0 Å². The van der Waals surface area contributed by atoms with Gasteiger partial charge in [0.1, 0.15) is 0 Å². The second-order valence-corrected chi connectivity index (χ2v) is 7.87. The summed E-state index contributed by atoms with van der Waals surface area (Å²) in [6.07, 6.45) is 1.71. The Balaban J connectivity index is 1.87. The molecule has 1 aromatic rings. The van der Waals surface area contributed by atoms with Crippen molar-refractivity contribution in [3.8, 4) is 0 Å². The molecule has 4 N–H and O–H groups in total. The minimum atomic E-state index is -0.570. The monoisotopic (exact) mass is 318 g/mol. The largest absolute Gasteiger partial charge is 0.345 e. The first-order chi connectivity index (χ1) is 10.7. The fraction of sp³-hybridized carbons (Fsp3) is 0.556. The van der Waals surface area contributed by atoms with Crippen molar-refractivity contribution in [1.29, 1.82) is 0 Å². The molecule has 0 radical (unpaired) electrons. The van der Waals surface area contributed by atoms with Gasteiger partial charge in [-0.25, -0.2) is 0 Å². The molecular weight excluding hydrogens is 290 g/mol. The molecule has 1 fully saturated rings. The Labute approximate surface area is 138 Å². The molecule has 0 unspecified atom stereocenters. The zero-order valence-corrected chi connectivity index (χ0v) is 14.5. The van der Waals surface area contributed by atoms with Gasteiger partial charge < -0.3 is 16.0 Å². The van der Waals surface area contributed by atoms with Crippen LogP contribution >= 0.6 is 0 Å². The van der Waals surface area contributed by atoms with Crippen LogP contribution in [0.1, 0.15) is 46.1 Å². The van der Waals surface area contributed by atoms with E-state index in [-0.39, 0.29) is 17.1 Å². The maximum absolute atomic E-state index is 12.1. The Kier molecular flexibility index (Phi) is 5.09. The molecule has 2 rings (SSSR count). The zero-order chi connectivity index (χ0) is 17.1. The van der Waals surface area contributed by atoms with E-state index in [4.69, 9.17) is 0 Å². The van der Waals surface area contributed by atoms with E-state index < -0.39 is 11.8 Å². The lowest BCUT2D eigenvalue weighted by molar-refractivity contribution is -0.787. The van der Waals surface area contributed by atoms with Gasteiger partial charge in [0.2, 0.25) is 0 Å². The van der Waals surface area contributed by atoms with E-state index in [2.05, 4.69) is 43.6 Å². The predicted molar refractivity (Wildman–Crippen MR) is 89.5 cm³/mol. The zero-order valence-electron chi connectivity index (χ0n) is 14.5. The average Bonchev–Trinajstić information content (AvgIpc) is 2.42. The van der Waals surface area contributed by atoms with Gasteiger partial charge in [0.25, 0.3) is 0 Å². The van der Waals surface area contributed by atoms with Gasteiger partial charge in [0, 0.05) is 25.4 Å². The van der Waals surface area contributed by atoms with Gasteiger partial charge in [-0.1, -0.05) is 30.3 Å². The summed E-state index contributed by atoms with van der Waals surface area (Å²) in [7, 11) is 0. The third kappa shape index (κ3) is 5.36. The highest BCUT2D eigenvalue weighted by Gasteiger charge is 2.42. The molecule has 1 saturated heterocycles. The molecule has 126 valence electrons. The lowest BCUT2D eigenvalue weighted by atomic mass is 9.79. The van der Waals surface area contributed by atoms with Crippen molar-refractivity contribution in [3.63, 3.8) is 0 Å². The summed E-state index contributed by atoms with van der Waals surface area (Å²) < 4.78 is 0. The Hall–Kier alpha value is -1.88. The third-order valence-corrected chi connectivity index (χ3v) is 4.16. The lowest BCUT2D eigenvalue weighted by Gasteiger charge is -2.43. The molecule has 1 aliphatic rings. The summed E-state index contributed by atoms with van der Waals surface area (Å²) in [5.41, 5.74) is 1.09.